The highest BCUT2D eigenvalue weighted by atomic mass is 16.5. The van der Waals surface area contributed by atoms with Gasteiger partial charge in [-0.05, 0) is 25.1 Å². The van der Waals surface area contributed by atoms with E-state index in [0.29, 0.717) is 6.61 Å². The van der Waals surface area contributed by atoms with E-state index in [1.54, 1.807) is 7.11 Å². The fraction of sp³-hybridized carbons (Fsp3) is 0.364. The summed E-state index contributed by atoms with van der Waals surface area (Å²) in [7, 11) is 1.69. The fourth-order valence-electron chi connectivity index (χ4n) is 1.60. The summed E-state index contributed by atoms with van der Waals surface area (Å²) in [6, 6.07) is 5.98. The molecule has 0 saturated carbocycles. The number of hydrogen-bond donors (Lipinski definition) is 1. The van der Waals surface area contributed by atoms with Gasteiger partial charge >= 0.3 is 0 Å². The fourth-order valence-corrected chi connectivity index (χ4v) is 1.60. The Balaban J connectivity index is 2.38. The van der Waals surface area contributed by atoms with E-state index in [-0.39, 0.29) is 6.04 Å². The van der Waals surface area contributed by atoms with Gasteiger partial charge in [-0.1, -0.05) is 0 Å². The highest BCUT2D eigenvalue weighted by Gasteiger charge is 2.07. The third kappa shape index (κ3) is 1.94. The average molecular weight is 205 g/mol. The van der Waals surface area contributed by atoms with Crippen molar-refractivity contribution in [3.8, 4) is 0 Å². The standard InChI is InChI=1S/C11H15N3O/c1-8(7-15-2)14-6-9-3-4-10(12)5-11(9)13-14/h3-6,8H,7,12H2,1-2H3. The van der Waals surface area contributed by atoms with Crippen molar-refractivity contribution in [2.24, 2.45) is 0 Å². The molecule has 80 valence electrons. The van der Waals surface area contributed by atoms with Gasteiger partial charge in [-0.2, -0.15) is 5.10 Å². The van der Waals surface area contributed by atoms with Crippen LogP contribution in [0.1, 0.15) is 13.0 Å². The van der Waals surface area contributed by atoms with Crippen LogP contribution in [0.3, 0.4) is 0 Å². The van der Waals surface area contributed by atoms with Crippen LogP contribution in [0.15, 0.2) is 24.4 Å². The molecular weight excluding hydrogens is 190 g/mol. The lowest BCUT2D eigenvalue weighted by molar-refractivity contribution is 0.157. The number of aromatic nitrogens is 2. The van der Waals surface area contributed by atoms with Crippen LogP contribution in [0, 0.1) is 0 Å². The zero-order valence-corrected chi connectivity index (χ0v) is 8.97. The van der Waals surface area contributed by atoms with Gasteiger partial charge in [-0.15, -0.1) is 0 Å². The predicted octanol–water partition coefficient (Wildman–Crippen LogP) is 1.83. The van der Waals surface area contributed by atoms with Crippen LogP contribution in [-0.4, -0.2) is 23.5 Å². The molecule has 0 bridgehead atoms. The van der Waals surface area contributed by atoms with Gasteiger partial charge in [0.1, 0.15) is 0 Å². The second kappa shape index (κ2) is 3.90. The summed E-state index contributed by atoms with van der Waals surface area (Å²) in [6.45, 7) is 2.72. The van der Waals surface area contributed by atoms with E-state index in [2.05, 4.69) is 12.0 Å². The molecule has 1 aromatic carbocycles. The molecule has 1 atom stereocenters. The molecule has 0 radical (unpaired) electrons. The Kier molecular flexibility index (Phi) is 2.60. The van der Waals surface area contributed by atoms with E-state index in [1.165, 1.54) is 0 Å². The smallest absolute Gasteiger partial charge is 0.0943 e. The van der Waals surface area contributed by atoms with Crippen molar-refractivity contribution >= 4 is 16.6 Å². The van der Waals surface area contributed by atoms with Crippen molar-refractivity contribution in [3.05, 3.63) is 24.4 Å². The maximum atomic E-state index is 5.69. The Bertz CT molecular complexity index is 464. The Morgan fingerprint density at radius 3 is 3.07 bits per heavy atom. The number of anilines is 1. The van der Waals surface area contributed by atoms with E-state index in [0.717, 1.165) is 16.6 Å². The Hall–Kier alpha value is -1.55. The highest BCUT2D eigenvalue weighted by Crippen LogP contribution is 2.17. The average Bonchev–Trinajstić information content (AvgIpc) is 2.60. The Morgan fingerprint density at radius 1 is 1.53 bits per heavy atom. The van der Waals surface area contributed by atoms with E-state index < -0.39 is 0 Å². The van der Waals surface area contributed by atoms with Crippen LogP contribution in [0.5, 0.6) is 0 Å². The number of methoxy groups -OCH3 is 1. The summed E-state index contributed by atoms with van der Waals surface area (Å²) in [5.74, 6) is 0. The number of nitrogens with zero attached hydrogens (tertiary/aromatic N) is 2. The molecule has 4 nitrogen and oxygen atoms in total. The summed E-state index contributed by atoms with van der Waals surface area (Å²) < 4.78 is 7.00. The lowest BCUT2D eigenvalue weighted by Crippen LogP contribution is -2.11. The molecule has 1 aromatic heterocycles. The van der Waals surface area contributed by atoms with Crippen molar-refractivity contribution in [2.75, 3.05) is 19.5 Å². The SMILES string of the molecule is COCC(C)n1cc2ccc(N)cc2n1. The lowest BCUT2D eigenvalue weighted by Gasteiger charge is -2.09. The molecule has 1 unspecified atom stereocenters. The quantitative estimate of drug-likeness (QED) is 0.778. The molecule has 0 saturated heterocycles. The number of fused-ring (bicyclic) bond motifs is 1. The number of nitrogens with two attached hydrogens (primary N) is 1. The molecule has 4 heteroatoms. The second-order valence-electron chi connectivity index (χ2n) is 3.73. The van der Waals surface area contributed by atoms with Crippen molar-refractivity contribution in [2.45, 2.75) is 13.0 Å². The third-order valence-corrected chi connectivity index (χ3v) is 2.41. The molecule has 0 fully saturated rings. The van der Waals surface area contributed by atoms with Gasteiger partial charge in [0.05, 0.1) is 18.2 Å². The predicted molar refractivity (Wildman–Crippen MR) is 60.7 cm³/mol. The van der Waals surface area contributed by atoms with Crippen molar-refractivity contribution < 1.29 is 4.74 Å². The first-order valence-corrected chi connectivity index (χ1v) is 4.94. The summed E-state index contributed by atoms with van der Waals surface area (Å²) >= 11 is 0. The van der Waals surface area contributed by atoms with E-state index in [1.807, 2.05) is 29.1 Å². The van der Waals surface area contributed by atoms with Gasteiger partial charge in [0.25, 0.3) is 0 Å². The zero-order chi connectivity index (χ0) is 10.8. The minimum absolute atomic E-state index is 0.239. The van der Waals surface area contributed by atoms with Gasteiger partial charge in [0.15, 0.2) is 0 Å². The van der Waals surface area contributed by atoms with Crippen LogP contribution in [0.25, 0.3) is 10.9 Å². The molecule has 0 aliphatic carbocycles. The first-order chi connectivity index (χ1) is 7.20. The summed E-state index contributed by atoms with van der Waals surface area (Å²) in [5.41, 5.74) is 7.37. The number of hydrogen-bond acceptors (Lipinski definition) is 3. The molecular formula is C11H15N3O. The lowest BCUT2D eigenvalue weighted by atomic mass is 10.2. The number of rotatable bonds is 3. The number of benzene rings is 1. The molecule has 0 aliphatic heterocycles. The monoisotopic (exact) mass is 205 g/mol. The largest absolute Gasteiger partial charge is 0.399 e. The first-order valence-electron chi connectivity index (χ1n) is 4.94. The van der Waals surface area contributed by atoms with Gasteiger partial charge in [-0.25, -0.2) is 0 Å². The van der Waals surface area contributed by atoms with Gasteiger partial charge in [0, 0.05) is 24.4 Å². The van der Waals surface area contributed by atoms with Crippen LogP contribution < -0.4 is 5.73 Å². The normalized spacial score (nSPS) is 13.2. The van der Waals surface area contributed by atoms with Crippen LogP contribution in [0.2, 0.25) is 0 Å². The molecule has 2 rings (SSSR count). The van der Waals surface area contributed by atoms with Crippen molar-refractivity contribution in [1.82, 2.24) is 9.78 Å². The van der Waals surface area contributed by atoms with Crippen LogP contribution >= 0.6 is 0 Å². The van der Waals surface area contributed by atoms with Gasteiger partial charge in [-0.3, -0.25) is 4.68 Å². The van der Waals surface area contributed by atoms with E-state index in [4.69, 9.17) is 10.5 Å². The topological polar surface area (TPSA) is 53.1 Å². The number of ether oxygens (including phenoxy) is 1. The van der Waals surface area contributed by atoms with Crippen molar-refractivity contribution in [1.29, 1.82) is 0 Å². The minimum atomic E-state index is 0.239. The van der Waals surface area contributed by atoms with Crippen LogP contribution in [-0.2, 0) is 4.74 Å². The Morgan fingerprint density at radius 2 is 2.33 bits per heavy atom. The second-order valence-corrected chi connectivity index (χ2v) is 3.73. The van der Waals surface area contributed by atoms with E-state index >= 15 is 0 Å². The summed E-state index contributed by atoms with van der Waals surface area (Å²) in [4.78, 5) is 0. The molecule has 0 spiro atoms. The first kappa shape index (κ1) is 9.98. The van der Waals surface area contributed by atoms with E-state index in [9.17, 15) is 0 Å². The minimum Gasteiger partial charge on any atom is -0.399 e. The molecule has 15 heavy (non-hydrogen) atoms. The maximum absolute atomic E-state index is 5.69. The molecule has 2 aromatic rings. The highest BCUT2D eigenvalue weighted by molar-refractivity contribution is 5.81. The number of nitrogen functional groups attached to an aromatic ring is 1. The van der Waals surface area contributed by atoms with Gasteiger partial charge in [0.2, 0.25) is 0 Å². The molecule has 0 amide bonds. The van der Waals surface area contributed by atoms with Crippen molar-refractivity contribution in [3.63, 3.8) is 0 Å². The molecule has 2 N–H and O–H groups in total. The molecule has 0 aliphatic rings. The maximum Gasteiger partial charge on any atom is 0.0943 e. The zero-order valence-electron chi connectivity index (χ0n) is 8.97. The van der Waals surface area contributed by atoms with Gasteiger partial charge < -0.3 is 10.5 Å². The summed E-state index contributed by atoms with van der Waals surface area (Å²) in [6.07, 6.45) is 2.01. The Labute approximate surface area is 88.6 Å². The van der Waals surface area contributed by atoms with Crippen LogP contribution in [0.4, 0.5) is 5.69 Å². The molecule has 1 heterocycles. The summed E-state index contributed by atoms with van der Waals surface area (Å²) in [5, 5.41) is 5.55. The third-order valence-electron chi connectivity index (χ3n) is 2.41.